The Kier molecular flexibility index (Phi) is 5.88. The molecule has 0 aromatic heterocycles. The summed E-state index contributed by atoms with van der Waals surface area (Å²) in [4.78, 5) is 28.4. The van der Waals surface area contributed by atoms with Gasteiger partial charge < -0.3 is 14.5 Å². The highest BCUT2D eigenvalue weighted by atomic mass is 32.2. The molecule has 1 unspecified atom stereocenters. The topological polar surface area (TPSA) is 87.2 Å². The molecular weight excluding hydrogens is 473 g/mol. The van der Waals surface area contributed by atoms with E-state index >= 15 is 0 Å². The predicted molar refractivity (Wildman–Crippen MR) is 127 cm³/mol. The Hall–Kier alpha value is -3.24. The highest BCUT2D eigenvalue weighted by Crippen LogP contribution is 2.37. The fraction of sp³-hybridized carbons (Fsp3) is 0.360. The highest BCUT2D eigenvalue weighted by molar-refractivity contribution is 7.89. The van der Waals surface area contributed by atoms with E-state index in [-0.39, 0.29) is 35.6 Å². The van der Waals surface area contributed by atoms with Crippen molar-refractivity contribution in [1.29, 1.82) is 0 Å². The van der Waals surface area contributed by atoms with Crippen LogP contribution in [0, 0.1) is 5.82 Å². The minimum Gasteiger partial charge on any atom is -0.490 e. The molecule has 2 aromatic carbocycles. The van der Waals surface area contributed by atoms with Crippen molar-refractivity contribution in [2.75, 3.05) is 44.2 Å². The number of amides is 2. The number of carbonyl (C=O) groups excluding carboxylic acids is 2. The van der Waals surface area contributed by atoms with Gasteiger partial charge in [-0.25, -0.2) is 12.8 Å². The molecule has 0 N–H and O–H groups in total. The summed E-state index contributed by atoms with van der Waals surface area (Å²) in [7, 11) is -3.81. The van der Waals surface area contributed by atoms with E-state index in [2.05, 4.69) is 0 Å². The fourth-order valence-electron chi connectivity index (χ4n) is 4.87. The van der Waals surface area contributed by atoms with Crippen LogP contribution in [0.15, 0.2) is 58.5 Å². The monoisotopic (exact) mass is 499 g/mol. The van der Waals surface area contributed by atoms with Gasteiger partial charge in [0, 0.05) is 33.1 Å². The van der Waals surface area contributed by atoms with E-state index < -0.39 is 15.9 Å². The first-order valence-corrected chi connectivity index (χ1v) is 12.9. The number of anilines is 1. The lowest BCUT2D eigenvalue weighted by molar-refractivity contribution is -0.131. The van der Waals surface area contributed by atoms with Gasteiger partial charge in [-0.05, 0) is 54.0 Å². The number of hydrogen-bond acceptors (Lipinski definition) is 5. The maximum atomic E-state index is 13.4. The van der Waals surface area contributed by atoms with Gasteiger partial charge in [0.05, 0.1) is 23.0 Å². The second-order valence-electron chi connectivity index (χ2n) is 9.10. The Morgan fingerprint density at radius 2 is 1.66 bits per heavy atom. The molecule has 0 radical (unpaired) electrons. The molecule has 0 bridgehead atoms. The Balaban J connectivity index is 1.28. The average molecular weight is 500 g/mol. The van der Waals surface area contributed by atoms with E-state index in [1.807, 2.05) is 0 Å². The Bertz CT molecular complexity index is 1320. The maximum absolute atomic E-state index is 13.4. The van der Waals surface area contributed by atoms with Crippen molar-refractivity contribution in [1.82, 2.24) is 9.21 Å². The summed E-state index contributed by atoms with van der Waals surface area (Å²) < 4.78 is 47.0. The number of rotatable bonds is 4. The van der Waals surface area contributed by atoms with Gasteiger partial charge in [-0.15, -0.1) is 0 Å². The van der Waals surface area contributed by atoms with Crippen molar-refractivity contribution in [3.8, 4) is 5.75 Å². The molecule has 0 fully saturated rings. The van der Waals surface area contributed by atoms with E-state index in [4.69, 9.17) is 4.74 Å². The van der Waals surface area contributed by atoms with Crippen LogP contribution in [-0.2, 0) is 19.6 Å². The van der Waals surface area contributed by atoms with E-state index in [0.717, 1.165) is 16.7 Å². The summed E-state index contributed by atoms with van der Waals surface area (Å²) in [5, 5.41) is 0. The Morgan fingerprint density at radius 3 is 2.29 bits per heavy atom. The number of nitrogens with zero attached hydrogens (tertiary/aromatic N) is 3. The van der Waals surface area contributed by atoms with Crippen LogP contribution in [-0.4, -0.2) is 68.8 Å². The molecule has 0 aliphatic carbocycles. The van der Waals surface area contributed by atoms with Crippen LogP contribution in [0.3, 0.4) is 0 Å². The molecule has 3 aliphatic heterocycles. The molecule has 2 amide bonds. The lowest BCUT2D eigenvalue weighted by Gasteiger charge is -2.29. The smallest absolute Gasteiger partial charge is 0.243 e. The van der Waals surface area contributed by atoms with Crippen LogP contribution in [0.2, 0.25) is 0 Å². The lowest BCUT2D eigenvalue weighted by Crippen LogP contribution is -2.38. The molecule has 3 heterocycles. The molecule has 3 aliphatic rings. The standard InChI is InChI=1S/C25H26FN3O5S/c1-16(18-3-5-21(26)6-4-18)25(31)27-12-19-14-28(15-20(19)13-27)35(32,33)22-7-8-24-23(11-22)29(17(2)30)9-10-34-24/h3-8,11,16H,9-10,12-15H2,1-2H3. The van der Waals surface area contributed by atoms with Gasteiger partial charge in [-0.1, -0.05) is 12.1 Å². The first-order chi connectivity index (χ1) is 16.6. The minimum absolute atomic E-state index is 0.0700. The van der Waals surface area contributed by atoms with E-state index in [9.17, 15) is 22.4 Å². The zero-order valence-corrected chi connectivity index (χ0v) is 20.3. The second kappa shape index (κ2) is 8.76. The normalized spacial score (nSPS) is 18.8. The number of carbonyl (C=O) groups is 2. The van der Waals surface area contributed by atoms with Crippen LogP contribution < -0.4 is 9.64 Å². The molecule has 35 heavy (non-hydrogen) atoms. The first kappa shape index (κ1) is 23.5. The number of halogens is 1. The van der Waals surface area contributed by atoms with Crippen LogP contribution in [0.1, 0.15) is 25.3 Å². The summed E-state index contributed by atoms with van der Waals surface area (Å²) in [6.07, 6.45) is 0. The van der Waals surface area contributed by atoms with Crippen LogP contribution in [0.25, 0.3) is 0 Å². The third-order valence-electron chi connectivity index (χ3n) is 6.86. The van der Waals surface area contributed by atoms with Gasteiger partial charge in [-0.3, -0.25) is 9.59 Å². The predicted octanol–water partition coefficient (Wildman–Crippen LogP) is 2.52. The summed E-state index contributed by atoms with van der Waals surface area (Å²) in [5.74, 6) is -0.531. The number of fused-ring (bicyclic) bond motifs is 1. The zero-order valence-electron chi connectivity index (χ0n) is 19.5. The number of benzene rings is 2. The van der Waals surface area contributed by atoms with Crippen molar-refractivity contribution in [3.05, 3.63) is 65.0 Å². The van der Waals surface area contributed by atoms with Crippen molar-refractivity contribution in [2.24, 2.45) is 0 Å². The molecule has 2 aromatic rings. The molecule has 5 rings (SSSR count). The van der Waals surface area contributed by atoms with Crippen LogP contribution in [0.4, 0.5) is 10.1 Å². The van der Waals surface area contributed by atoms with Gasteiger partial charge >= 0.3 is 0 Å². The molecular formula is C25H26FN3O5S. The van der Waals surface area contributed by atoms with Gasteiger partial charge in [0.2, 0.25) is 21.8 Å². The molecule has 8 nitrogen and oxygen atoms in total. The lowest BCUT2D eigenvalue weighted by atomic mass is 10.00. The van der Waals surface area contributed by atoms with Crippen LogP contribution >= 0.6 is 0 Å². The van der Waals surface area contributed by atoms with Crippen molar-refractivity contribution < 1.29 is 27.1 Å². The summed E-state index contributed by atoms with van der Waals surface area (Å²) in [5.41, 5.74) is 3.06. The summed E-state index contributed by atoms with van der Waals surface area (Å²) in [6.45, 7) is 5.15. The van der Waals surface area contributed by atoms with Crippen molar-refractivity contribution in [3.63, 3.8) is 0 Å². The number of sulfonamides is 1. The maximum Gasteiger partial charge on any atom is 0.243 e. The molecule has 10 heteroatoms. The quantitative estimate of drug-likeness (QED) is 0.604. The summed E-state index contributed by atoms with van der Waals surface area (Å²) >= 11 is 0. The zero-order chi connectivity index (χ0) is 24.9. The number of ether oxygens (including phenoxy) is 1. The molecule has 1 atom stereocenters. The van der Waals surface area contributed by atoms with E-state index in [1.165, 1.54) is 40.4 Å². The van der Waals surface area contributed by atoms with Gasteiger partial charge in [0.1, 0.15) is 18.2 Å². The SMILES string of the molecule is CC(=O)N1CCOc2ccc(S(=O)(=O)N3CC4=C(CN(C(=O)C(C)c5ccc(F)cc5)C4)C3)cc21. The third-order valence-corrected chi connectivity index (χ3v) is 8.65. The second-order valence-corrected chi connectivity index (χ2v) is 11.0. The number of hydrogen-bond donors (Lipinski definition) is 0. The average Bonchev–Trinajstić information content (AvgIpc) is 3.43. The third kappa shape index (κ3) is 4.21. The van der Waals surface area contributed by atoms with E-state index in [1.54, 1.807) is 30.0 Å². The molecule has 0 saturated carbocycles. The largest absolute Gasteiger partial charge is 0.490 e. The van der Waals surface area contributed by atoms with Gasteiger partial charge in [0.15, 0.2) is 0 Å². The molecule has 0 saturated heterocycles. The Labute approximate surface area is 203 Å². The summed E-state index contributed by atoms with van der Waals surface area (Å²) in [6, 6.07) is 10.5. The fourth-order valence-corrected chi connectivity index (χ4v) is 6.32. The van der Waals surface area contributed by atoms with Gasteiger partial charge in [-0.2, -0.15) is 4.31 Å². The van der Waals surface area contributed by atoms with Gasteiger partial charge in [0.25, 0.3) is 0 Å². The van der Waals surface area contributed by atoms with Crippen LogP contribution in [0.5, 0.6) is 5.75 Å². The van der Waals surface area contributed by atoms with Crippen molar-refractivity contribution in [2.45, 2.75) is 24.7 Å². The molecule has 0 spiro atoms. The minimum atomic E-state index is -3.81. The highest BCUT2D eigenvalue weighted by Gasteiger charge is 2.39. The Morgan fingerprint density at radius 1 is 1.00 bits per heavy atom. The first-order valence-electron chi connectivity index (χ1n) is 11.4. The molecule has 184 valence electrons. The van der Waals surface area contributed by atoms with E-state index in [0.29, 0.717) is 37.7 Å². The van der Waals surface area contributed by atoms with Crippen molar-refractivity contribution >= 4 is 27.5 Å².